The Morgan fingerprint density at radius 3 is 2.87 bits per heavy atom. The molecule has 2 N–H and O–H groups in total. The SMILES string of the molecule is CCC(CO)Nc1cc(C#N)cc(C)n1. The Labute approximate surface area is 89.6 Å². The molecule has 0 radical (unpaired) electrons. The first-order valence-corrected chi connectivity index (χ1v) is 4.95. The number of aromatic nitrogens is 1. The number of nitrogens with one attached hydrogen (secondary N) is 1. The second-order valence-electron chi connectivity index (χ2n) is 3.43. The molecule has 0 saturated heterocycles. The van der Waals surface area contributed by atoms with E-state index in [2.05, 4.69) is 16.4 Å². The van der Waals surface area contributed by atoms with Gasteiger partial charge in [-0.15, -0.1) is 0 Å². The fourth-order valence-electron chi connectivity index (χ4n) is 1.29. The third kappa shape index (κ3) is 3.22. The summed E-state index contributed by atoms with van der Waals surface area (Å²) in [7, 11) is 0. The van der Waals surface area contributed by atoms with Crippen molar-refractivity contribution in [1.82, 2.24) is 4.98 Å². The number of aliphatic hydroxyl groups excluding tert-OH is 1. The van der Waals surface area contributed by atoms with E-state index < -0.39 is 0 Å². The van der Waals surface area contributed by atoms with Crippen LogP contribution in [0.5, 0.6) is 0 Å². The highest BCUT2D eigenvalue weighted by Gasteiger charge is 2.06. The van der Waals surface area contributed by atoms with Crippen molar-refractivity contribution in [2.24, 2.45) is 0 Å². The third-order valence-corrected chi connectivity index (χ3v) is 2.15. The molecule has 1 heterocycles. The number of hydrogen-bond donors (Lipinski definition) is 2. The molecule has 15 heavy (non-hydrogen) atoms. The van der Waals surface area contributed by atoms with Gasteiger partial charge in [0.05, 0.1) is 24.3 Å². The molecule has 1 atom stereocenters. The van der Waals surface area contributed by atoms with Gasteiger partial charge in [-0.3, -0.25) is 0 Å². The van der Waals surface area contributed by atoms with Crippen molar-refractivity contribution in [2.45, 2.75) is 26.3 Å². The highest BCUT2D eigenvalue weighted by atomic mass is 16.3. The van der Waals surface area contributed by atoms with E-state index in [1.807, 2.05) is 13.8 Å². The van der Waals surface area contributed by atoms with E-state index in [0.29, 0.717) is 11.4 Å². The number of nitriles is 1. The number of anilines is 1. The van der Waals surface area contributed by atoms with Crippen LogP contribution in [0.1, 0.15) is 24.6 Å². The van der Waals surface area contributed by atoms with Crippen LogP contribution in [0.2, 0.25) is 0 Å². The molecular weight excluding hydrogens is 190 g/mol. The van der Waals surface area contributed by atoms with Gasteiger partial charge < -0.3 is 10.4 Å². The molecule has 0 aromatic carbocycles. The Hall–Kier alpha value is -1.60. The van der Waals surface area contributed by atoms with Crippen LogP contribution in [0, 0.1) is 18.3 Å². The van der Waals surface area contributed by atoms with E-state index in [9.17, 15) is 0 Å². The van der Waals surface area contributed by atoms with Gasteiger partial charge in [-0.05, 0) is 25.5 Å². The van der Waals surface area contributed by atoms with Gasteiger partial charge >= 0.3 is 0 Å². The lowest BCUT2D eigenvalue weighted by Gasteiger charge is -2.14. The molecule has 0 bridgehead atoms. The summed E-state index contributed by atoms with van der Waals surface area (Å²) < 4.78 is 0. The number of pyridine rings is 1. The Morgan fingerprint density at radius 1 is 1.60 bits per heavy atom. The first kappa shape index (κ1) is 11.5. The minimum absolute atomic E-state index is 0.00848. The van der Waals surface area contributed by atoms with Crippen molar-refractivity contribution in [2.75, 3.05) is 11.9 Å². The summed E-state index contributed by atoms with van der Waals surface area (Å²) >= 11 is 0. The number of rotatable bonds is 4. The maximum absolute atomic E-state index is 9.03. The van der Waals surface area contributed by atoms with E-state index in [4.69, 9.17) is 10.4 Å². The van der Waals surface area contributed by atoms with Crippen LogP contribution in [-0.2, 0) is 0 Å². The van der Waals surface area contributed by atoms with Crippen LogP contribution >= 0.6 is 0 Å². The minimum Gasteiger partial charge on any atom is -0.394 e. The number of nitrogens with zero attached hydrogens (tertiary/aromatic N) is 2. The van der Waals surface area contributed by atoms with Crippen molar-refractivity contribution in [3.63, 3.8) is 0 Å². The Morgan fingerprint density at radius 2 is 2.33 bits per heavy atom. The third-order valence-electron chi connectivity index (χ3n) is 2.15. The number of hydrogen-bond acceptors (Lipinski definition) is 4. The zero-order valence-electron chi connectivity index (χ0n) is 8.99. The van der Waals surface area contributed by atoms with Crippen molar-refractivity contribution < 1.29 is 5.11 Å². The van der Waals surface area contributed by atoms with E-state index in [0.717, 1.165) is 12.1 Å². The van der Waals surface area contributed by atoms with Gasteiger partial charge in [-0.25, -0.2) is 4.98 Å². The summed E-state index contributed by atoms with van der Waals surface area (Å²) in [6, 6.07) is 5.48. The fraction of sp³-hybridized carbons (Fsp3) is 0.455. The number of aryl methyl sites for hydroxylation is 1. The normalized spacial score (nSPS) is 11.9. The minimum atomic E-state index is -0.00848. The largest absolute Gasteiger partial charge is 0.394 e. The molecule has 0 saturated carbocycles. The lowest BCUT2D eigenvalue weighted by Crippen LogP contribution is -2.23. The van der Waals surface area contributed by atoms with Gasteiger partial charge in [0.1, 0.15) is 5.82 Å². The second-order valence-corrected chi connectivity index (χ2v) is 3.43. The van der Waals surface area contributed by atoms with Gasteiger partial charge in [-0.2, -0.15) is 5.26 Å². The quantitative estimate of drug-likeness (QED) is 0.780. The molecule has 0 aliphatic heterocycles. The van der Waals surface area contributed by atoms with E-state index >= 15 is 0 Å². The van der Waals surface area contributed by atoms with Crippen LogP contribution < -0.4 is 5.32 Å². The van der Waals surface area contributed by atoms with Gasteiger partial charge in [0.15, 0.2) is 0 Å². The fourth-order valence-corrected chi connectivity index (χ4v) is 1.29. The Kier molecular flexibility index (Phi) is 4.07. The molecule has 0 spiro atoms. The average molecular weight is 205 g/mol. The standard InChI is InChI=1S/C11H15N3O/c1-3-10(7-15)14-11-5-9(6-12)4-8(2)13-11/h4-5,10,15H,3,7H2,1-2H3,(H,13,14). The van der Waals surface area contributed by atoms with Crippen molar-refractivity contribution in [3.05, 3.63) is 23.4 Å². The van der Waals surface area contributed by atoms with E-state index in [-0.39, 0.29) is 12.6 Å². The van der Waals surface area contributed by atoms with Gasteiger partial charge in [0.2, 0.25) is 0 Å². The molecule has 0 aliphatic carbocycles. The molecule has 0 amide bonds. The van der Waals surface area contributed by atoms with Crippen molar-refractivity contribution in [3.8, 4) is 6.07 Å². The van der Waals surface area contributed by atoms with Crippen LogP contribution in [0.25, 0.3) is 0 Å². The summed E-state index contributed by atoms with van der Waals surface area (Å²) in [4.78, 5) is 4.24. The maximum Gasteiger partial charge on any atom is 0.127 e. The molecule has 4 heteroatoms. The topological polar surface area (TPSA) is 68.9 Å². The summed E-state index contributed by atoms with van der Waals surface area (Å²) in [6.45, 7) is 3.88. The maximum atomic E-state index is 9.03. The molecule has 0 fully saturated rings. The highest BCUT2D eigenvalue weighted by molar-refractivity contribution is 5.44. The summed E-state index contributed by atoms with van der Waals surface area (Å²) in [5.74, 6) is 0.646. The molecule has 1 aromatic heterocycles. The van der Waals surface area contributed by atoms with Crippen molar-refractivity contribution in [1.29, 1.82) is 5.26 Å². The predicted molar refractivity (Wildman–Crippen MR) is 58.5 cm³/mol. The van der Waals surface area contributed by atoms with Crippen LogP contribution in [0.15, 0.2) is 12.1 Å². The first-order valence-electron chi connectivity index (χ1n) is 4.95. The van der Waals surface area contributed by atoms with Crippen LogP contribution in [0.3, 0.4) is 0 Å². The van der Waals surface area contributed by atoms with E-state index in [1.165, 1.54) is 0 Å². The second kappa shape index (κ2) is 5.32. The zero-order valence-corrected chi connectivity index (χ0v) is 8.99. The van der Waals surface area contributed by atoms with E-state index in [1.54, 1.807) is 12.1 Å². The lowest BCUT2D eigenvalue weighted by molar-refractivity contribution is 0.271. The predicted octanol–water partition coefficient (Wildman–Crippen LogP) is 1.44. The highest BCUT2D eigenvalue weighted by Crippen LogP contribution is 2.11. The lowest BCUT2D eigenvalue weighted by atomic mass is 10.2. The molecule has 1 rings (SSSR count). The zero-order chi connectivity index (χ0) is 11.3. The molecule has 1 aromatic rings. The van der Waals surface area contributed by atoms with Gasteiger partial charge in [-0.1, -0.05) is 6.92 Å². The van der Waals surface area contributed by atoms with Gasteiger partial charge in [0, 0.05) is 5.69 Å². The molecule has 1 unspecified atom stereocenters. The molecular formula is C11H15N3O. The number of aliphatic hydroxyl groups is 1. The smallest absolute Gasteiger partial charge is 0.127 e. The molecule has 80 valence electrons. The van der Waals surface area contributed by atoms with Crippen molar-refractivity contribution >= 4 is 5.82 Å². The van der Waals surface area contributed by atoms with Crippen LogP contribution in [-0.4, -0.2) is 22.7 Å². The molecule has 0 aliphatic rings. The van der Waals surface area contributed by atoms with Gasteiger partial charge in [0.25, 0.3) is 0 Å². The van der Waals surface area contributed by atoms with Crippen LogP contribution in [0.4, 0.5) is 5.82 Å². The first-order chi connectivity index (χ1) is 7.19. The molecule has 4 nitrogen and oxygen atoms in total. The summed E-state index contributed by atoms with van der Waals surface area (Å²) in [5.41, 5.74) is 1.38. The summed E-state index contributed by atoms with van der Waals surface area (Å²) in [5, 5.41) is 20.9. The summed E-state index contributed by atoms with van der Waals surface area (Å²) in [6.07, 6.45) is 0.814. The monoisotopic (exact) mass is 205 g/mol. The average Bonchev–Trinajstić information content (AvgIpc) is 2.25. The Balaban J connectivity index is 2.85. The Bertz CT molecular complexity index is 367.